The molecule has 0 atom stereocenters. The molecule has 0 spiro atoms. The van der Waals surface area contributed by atoms with Crippen molar-refractivity contribution in [2.24, 2.45) is 11.3 Å². The summed E-state index contributed by atoms with van der Waals surface area (Å²) in [5, 5.41) is 0. The van der Waals surface area contributed by atoms with Gasteiger partial charge in [-0.05, 0) is 32.4 Å². The van der Waals surface area contributed by atoms with E-state index in [1.807, 2.05) is 11.9 Å². The minimum Gasteiger partial charge on any atom is -0.345 e. The van der Waals surface area contributed by atoms with Crippen LogP contribution in [0.2, 0.25) is 0 Å². The molecule has 0 aromatic heterocycles. The monoisotopic (exact) mass is 212 g/mol. The van der Waals surface area contributed by atoms with Crippen LogP contribution >= 0.6 is 0 Å². The van der Waals surface area contributed by atoms with Gasteiger partial charge in [0.2, 0.25) is 5.91 Å². The van der Waals surface area contributed by atoms with Gasteiger partial charge < -0.3 is 9.80 Å². The quantitative estimate of drug-likeness (QED) is 0.688. The summed E-state index contributed by atoms with van der Waals surface area (Å²) < 4.78 is 0. The Kier molecular flexibility index (Phi) is 3.77. The number of amides is 1. The van der Waals surface area contributed by atoms with Crippen molar-refractivity contribution in [3.05, 3.63) is 0 Å². The van der Waals surface area contributed by atoms with Gasteiger partial charge in [-0.15, -0.1) is 0 Å². The lowest BCUT2D eigenvalue weighted by atomic mass is 9.92. The first-order valence-corrected chi connectivity index (χ1v) is 5.71. The number of carbonyl (C=O) groups is 1. The van der Waals surface area contributed by atoms with Crippen molar-refractivity contribution >= 4 is 5.91 Å². The van der Waals surface area contributed by atoms with Crippen LogP contribution in [0.25, 0.3) is 0 Å². The van der Waals surface area contributed by atoms with Gasteiger partial charge in [-0.3, -0.25) is 4.79 Å². The fourth-order valence-corrected chi connectivity index (χ4v) is 2.27. The molecule has 15 heavy (non-hydrogen) atoms. The van der Waals surface area contributed by atoms with Crippen LogP contribution in [0.3, 0.4) is 0 Å². The maximum absolute atomic E-state index is 11.8. The molecule has 1 rings (SSSR count). The largest absolute Gasteiger partial charge is 0.345 e. The van der Waals surface area contributed by atoms with Crippen LogP contribution in [0.5, 0.6) is 0 Å². The summed E-state index contributed by atoms with van der Waals surface area (Å²) in [6.45, 7) is 6.28. The van der Waals surface area contributed by atoms with E-state index in [0.717, 1.165) is 25.9 Å². The third kappa shape index (κ3) is 4.20. The van der Waals surface area contributed by atoms with Gasteiger partial charge in [0.1, 0.15) is 0 Å². The first-order valence-electron chi connectivity index (χ1n) is 5.71. The van der Waals surface area contributed by atoms with Gasteiger partial charge in [-0.2, -0.15) is 0 Å². The van der Waals surface area contributed by atoms with Gasteiger partial charge in [-0.25, -0.2) is 0 Å². The van der Waals surface area contributed by atoms with Gasteiger partial charge in [0, 0.05) is 26.1 Å². The van der Waals surface area contributed by atoms with E-state index in [4.69, 9.17) is 0 Å². The molecule has 0 saturated heterocycles. The zero-order valence-electron chi connectivity index (χ0n) is 10.7. The molecule has 1 amide bonds. The highest BCUT2D eigenvalue weighted by atomic mass is 16.2. The van der Waals surface area contributed by atoms with E-state index in [2.05, 4.69) is 32.8 Å². The van der Waals surface area contributed by atoms with Crippen molar-refractivity contribution in [3.8, 4) is 0 Å². The average Bonchev–Trinajstić information content (AvgIpc) is 2.80. The Labute approximate surface area is 93.4 Å². The number of rotatable bonds is 5. The van der Waals surface area contributed by atoms with Crippen LogP contribution in [0, 0.1) is 11.3 Å². The van der Waals surface area contributed by atoms with Crippen molar-refractivity contribution in [1.29, 1.82) is 0 Å². The summed E-state index contributed by atoms with van der Waals surface area (Å²) >= 11 is 0. The fraction of sp³-hybridized carbons (Fsp3) is 0.917. The molecule has 0 aromatic rings. The van der Waals surface area contributed by atoms with Gasteiger partial charge >= 0.3 is 0 Å². The molecule has 0 heterocycles. The van der Waals surface area contributed by atoms with Crippen molar-refractivity contribution in [3.63, 3.8) is 0 Å². The molecule has 0 unspecified atom stereocenters. The molecule has 0 aliphatic heterocycles. The van der Waals surface area contributed by atoms with Crippen LogP contribution < -0.4 is 0 Å². The molecule has 1 aliphatic carbocycles. The molecular formula is C12H24N2O. The first-order chi connectivity index (χ1) is 6.82. The van der Waals surface area contributed by atoms with Crippen LogP contribution in [0.4, 0.5) is 0 Å². The maximum atomic E-state index is 11.8. The van der Waals surface area contributed by atoms with E-state index in [0.29, 0.717) is 11.8 Å². The molecule has 3 nitrogen and oxygen atoms in total. The Hall–Kier alpha value is -0.570. The topological polar surface area (TPSA) is 23.6 Å². The summed E-state index contributed by atoms with van der Waals surface area (Å²) in [6, 6.07) is 0. The minimum absolute atomic E-state index is 0.169. The summed E-state index contributed by atoms with van der Waals surface area (Å²) in [6.07, 6.45) is 2.19. The van der Waals surface area contributed by atoms with Crippen molar-refractivity contribution in [2.75, 3.05) is 34.2 Å². The van der Waals surface area contributed by atoms with Gasteiger partial charge in [0.05, 0.1) is 0 Å². The summed E-state index contributed by atoms with van der Waals surface area (Å²) in [7, 11) is 6.08. The highest BCUT2D eigenvalue weighted by molar-refractivity contribution is 5.80. The number of nitrogens with zero attached hydrogens (tertiary/aromatic N) is 2. The predicted octanol–water partition coefficient (Wildman–Crippen LogP) is 1.44. The Morgan fingerprint density at radius 3 is 2.13 bits per heavy atom. The number of hydrogen-bond acceptors (Lipinski definition) is 2. The van der Waals surface area contributed by atoms with Crippen molar-refractivity contribution in [2.45, 2.75) is 26.7 Å². The third-order valence-electron chi connectivity index (χ3n) is 2.71. The maximum Gasteiger partial charge on any atom is 0.225 e. The molecule has 3 heteroatoms. The molecule has 0 aromatic carbocycles. The SMILES string of the molecule is CN(C)CC(C)(C)CN(C)C(=O)C1CC1. The predicted molar refractivity (Wildman–Crippen MR) is 62.7 cm³/mol. The molecule has 88 valence electrons. The van der Waals surface area contributed by atoms with Crippen LogP contribution in [-0.2, 0) is 4.79 Å². The zero-order chi connectivity index (χ0) is 11.6. The normalized spacial score (nSPS) is 16.9. The highest BCUT2D eigenvalue weighted by Gasteiger charge is 2.33. The number of carbonyl (C=O) groups excluding carboxylic acids is 1. The molecule has 1 saturated carbocycles. The third-order valence-corrected chi connectivity index (χ3v) is 2.71. The summed E-state index contributed by atoms with van der Waals surface area (Å²) in [5.41, 5.74) is 0.169. The zero-order valence-corrected chi connectivity index (χ0v) is 10.7. The number of hydrogen-bond donors (Lipinski definition) is 0. The van der Waals surface area contributed by atoms with Crippen LogP contribution in [0.1, 0.15) is 26.7 Å². The van der Waals surface area contributed by atoms with E-state index in [1.165, 1.54) is 0 Å². The minimum atomic E-state index is 0.169. The highest BCUT2D eigenvalue weighted by Crippen LogP contribution is 2.31. The Morgan fingerprint density at radius 1 is 1.20 bits per heavy atom. The fourth-order valence-electron chi connectivity index (χ4n) is 2.27. The lowest BCUT2D eigenvalue weighted by Crippen LogP contribution is -2.41. The Morgan fingerprint density at radius 2 is 1.73 bits per heavy atom. The Bertz CT molecular complexity index is 232. The molecule has 1 aliphatic rings. The standard InChI is InChI=1S/C12H24N2O/c1-12(2,8-13(3)4)9-14(5)11(15)10-6-7-10/h10H,6-9H2,1-5H3. The van der Waals surface area contributed by atoms with E-state index < -0.39 is 0 Å². The smallest absolute Gasteiger partial charge is 0.225 e. The molecule has 0 N–H and O–H groups in total. The first kappa shape index (κ1) is 12.5. The van der Waals surface area contributed by atoms with E-state index >= 15 is 0 Å². The second-order valence-electron chi connectivity index (χ2n) is 5.87. The van der Waals surface area contributed by atoms with Crippen molar-refractivity contribution in [1.82, 2.24) is 9.80 Å². The molecule has 0 bridgehead atoms. The van der Waals surface area contributed by atoms with Gasteiger partial charge in [-0.1, -0.05) is 13.8 Å². The average molecular weight is 212 g/mol. The molecular weight excluding hydrogens is 188 g/mol. The Balaban J connectivity index is 2.40. The van der Waals surface area contributed by atoms with E-state index in [-0.39, 0.29) is 5.41 Å². The van der Waals surface area contributed by atoms with Gasteiger partial charge in [0.15, 0.2) is 0 Å². The molecule has 0 radical (unpaired) electrons. The lowest BCUT2D eigenvalue weighted by molar-refractivity contribution is -0.132. The second kappa shape index (κ2) is 4.52. The van der Waals surface area contributed by atoms with Crippen LogP contribution in [0.15, 0.2) is 0 Å². The van der Waals surface area contributed by atoms with E-state index in [1.54, 1.807) is 0 Å². The summed E-state index contributed by atoms with van der Waals surface area (Å²) in [4.78, 5) is 15.9. The van der Waals surface area contributed by atoms with Crippen LogP contribution in [-0.4, -0.2) is 49.9 Å². The second-order valence-corrected chi connectivity index (χ2v) is 5.87. The van der Waals surface area contributed by atoms with Crippen molar-refractivity contribution < 1.29 is 4.79 Å². The van der Waals surface area contributed by atoms with E-state index in [9.17, 15) is 4.79 Å². The lowest BCUT2D eigenvalue weighted by Gasteiger charge is -2.32. The van der Waals surface area contributed by atoms with Gasteiger partial charge in [0.25, 0.3) is 0 Å². The molecule has 1 fully saturated rings. The summed E-state index contributed by atoms with van der Waals surface area (Å²) in [5.74, 6) is 0.673.